The van der Waals surface area contributed by atoms with Crippen LogP contribution in [0.25, 0.3) is 0 Å². The summed E-state index contributed by atoms with van der Waals surface area (Å²) in [6.07, 6.45) is 1.22. The Morgan fingerprint density at radius 1 is 1.39 bits per heavy atom. The van der Waals surface area contributed by atoms with Gasteiger partial charge in [0.05, 0.1) is 12.1 Å². The summed E-state index contributed by atoms with van der Waals surface area (Å²) in [4.78, 5) is 16.9. The molecular weight excluding hydrogens is 235 g/mol. The first-order valence-electron chi connectivity index (χ1n) is 5.48. The summed E-state index contributed by atoms with van der Waals surface area (Å²) in [7, 11) is 1.66. The predicted molar refractivity (Wildman–Crippen MR) is 63.4 cm³/mol. The maximum atomic E-state index is 12.6. The molecule has 0 radical (unpaired) electrons. The summed E-state index contributed by atoms with van der Waals surface area (Å²) >= 11 is 0. The molecule has 5 heteroatoms. The molecule has 0 bridgehead atoms. The van der Waals surface area contributed by atoms with E-state index >= 15 is 0 Å². The number of pyridine rings is 1. The number of carbonyl (C=O) groups is 1. The lowest BCUT2D eigenvalue weighted by Gasteiger charge is -2.15. The lowest BCUT2D eigenvalue weighted by Crippen LogP contribution is -2.26. The normalized spacial score (nSPS) is 10.4. The van der Waals surface area contributed by atoms with Gasteiger partial charge in [-0.2, -0.15) is 4.39 Å². The molecule has 0 atom stereocenters. The smallest absolute Gasteiger partial charge is 0.255 e. The zero-order valence-electron chi connectivity index (χ0n) is 10.2. The molecule has 0 saturated carbocycles. The lowest BCUT2D eigenvalue weighted by atomic mass is 10.2. The van der Waals surface area contributed by atoms with Gasteiger partial charge in [-0.3, -0.25) is 4.79 Å². The van der Waals surface area contributed by atoms with Crippen molar-refractivity contribution in [3.05, 3.63) is 53.5 Å². The van der Waals surface area contributed by atoms with Crippen molar-refractivity contribution in [1.29, 1.82) is 0 Å². The van der Waals surface area contributed by atoms with E-state index in [0.717, 1.165) is 11.8 Å². The Bertz CT molecular complexity index is 548. The zero-order valence-corrected chi connectivity index (χ0v) is 10.2. The number of halogens is 1. The predicted octanol–water partition coefficient (Wildman–Crippen LogP) is 2.39. The number of hydrogen-bond acceptors (Lipinski definition) is 3. The number of rotatable bonds is 3. The lowest BCUT2D eigenvalue weighted by molar-refractivity contribution is 0.0774. The quantitative estimate of drug-likeness (QED) is 0.783. The molecule has 2 aromatic rings. The highest BCUT2D eigenvalue weighted by atomic mass is 19.1. The summed E-state index contributed by atoms with van der Waals surface area (Å²) in [6, 6.07) is 6.24. The van der Waals surface area contributed by atoms with E-state index in [-0.39, 0.29) is 5.91 Å². The summed E-state index contributed by atoms with van der Waals surface area (Å²) in [5.74, 6) is 0.681. The summed E-state index contributed by atoms with van der Waals surface area (Å²) < 4.78 is 18.0. The Morgan fingerprint density at radius 3 is 2.72 bits per heavy atom. The molecule has 0 N–H and O–H groups in total. The third-order valence-corrected chi connectivity index (χ3v) is 2.51. The van der Waals surface area contributed by atoms with E-state index in [4.69, 9.17) is 4.42 Å². The van der Waals surface area contributed by atoms with Crippen LogP contribution in [-0.4, -0.2) is 22.8 Å². The Labute approximate surface area is 104 Å². The van der Waals surface area contributed by atoms with Crippen molar-refractivity contribution in [2.24, 2.45) is 0 Å². The van der Waals surface area contributed by atoms with Crippen LogP contribution in [-0.2, 0) is 6.54 Å². The molecule has 0 fully saturated rings. The van der Waals surface area contributed by atoms with Crippen LogP contribution in [0.1, 0.15) is 21.9 Å². The largest absolute Gasteiger partial charge is 0.464 e. The van der Waals surface area contributed by atoms with E-state index in [1.54, 1.807) is 7.05 Å². The van der Waals surface area contributed by atoms with Crippen molar-refractivity contribution < 1.29 is 13.6 Å². The van der Waals surface area contributed by atoms with Crippen molar-refractivity contribution in [2.75, 3.05) is 7.05 Å². The van der Waals surface area contributed by atoms with E-state index in [1.165, 1.54) is 17.2 Å². The number of furan rings is 1. The van der Waals surface area contributed by atoms with Crippen LogP contribution < -0.4 is 0 Å². The van der Waals surface area contributed by atoms with Crippen molar-refractivity contribution in [3.8, 4) is 0 Å². The third-order valence-electron chi connectivity index (χ3n) is 2.51. The van der Waals surface area contributed by atoms with Gasteiger partial charge in [0.2, 0.25) is 5.95 Å². The highest BCUT2D eigenvalue weighted by molar-refractivity contribution is 5.93. The van der Waals surface area contributed by atoms with Crippen LogP contribution in [0.2, 0.25) is 0 Å². The van der Waals surface area contributed by atoms with E-state index in [0.29, 0.717) is 17.9 Å². The zero-order chi connectivity index (χ0) is 13.1. The van der Waals surface area contributed by atoms with Crippen molar-refractivity contribution in [2.45, 2.75) is 13.5 Å². The average molecular weight is 248 g/mol. The van der Waals surface area contributed by atoms with Gasteiger partial charge in [0, 0.05) is 13.2 Å². The second-order valence-electron chi connectivity index (χ2n) is 4.04. The van der Waals surface area contributed by atoms with Gasteiger partial charge in [0.1, 0.15) is 11.5 Å². The van der Waals surface area contributed by atoms with Gasteiger partial charge < -0.3 is 9.32 Å². The molecule has 0 aromatic carbocycles. The highest BCUT2D eigenvalue weighted by Crippen LogP contribution is 2.11. The molecule has 0 spiro atoms. The maximum Gasteiger partial charge on any atom is 0.255 e. The van der Waals surface area contributed by atoms with E-state index < -0.39 is 5.95 Å². The van der Waals surface area contributed by atoms with Gasteiger partial charge >= 0.3 is 0 Å². The van der Waals surface area contributed by atoms with E-state index in [2.05, 4.69) is 4.98 Å². The van der Waals surface area contributed by atoms with E-state index in [1.807, 2.05) is 19.1 Å². The van der Waals surface area contributed by atoms with Crippen LogP contribution in [0.3, 0.4) is 0 Å². The SMILES string of the molecule is Cc1ccc(CN(C)C(=O)c2ccc(F)nc2)o1. The van der Waals surface area contributed by atoms with Gasteiger partial charge in [0.25, 0.3) is 5.91 Å². The fourth-order valence-corrected chi connectivity index (χ4v) is 1.60. The van der Waals surface area contributed by atoms with Crippen molar-refractivity contribution >= 4 is 5.91 Å². The molecule has 0 saturated heterocycles. The van der Waals surface area contributed by atoms with Crippen molar-refractivity contribution in [1.82, 2.24) is 9.88 Å². The van der Waals surface area contributed by atoms with E-state index in [9.17, 15) is 9.18 Å². The number of nitrogens with zero attached hydrogens (tertiary/aromatic N) is 2. The molecule has 1 amide bonds. The monoisotopic (exact) mass is 248 g/mol. The molecule has 18 heavy (non-hydrogen) atoms. The second-order valence-corrected chi connectivity index (χ2v) is 4.04. The minimum atomic E-state index is -0.601. The van der Waals surface area contributed by atoms with Crippen LogP contribution in [0, 0.1) is 12.9 Å². The Balaban J connectivity index is 2.07. The second kappa shape index (κ2) is 5.00. The van der Waals surface area contributed by atoms with Gasteiger partial charge in [-0.15, -0.1) is 0 Å². The summed E-state index contributed by atoms with van der Waals surface area (Å²) in [6.45, 7) is 2.21. The first kappa shape index (κ1) is 12.3. The van der Waals surface area contributed by atoms with Crippen LogP contribution in [0.15, 0.2) is 34.9 Å². The number of amides is 1. The fourth-order valence-electron chi connectivity index (χ4n) is 1.60. The fraction of sp³-hybridized carbons (Fsp3) is 0.231. The van der Waals surface area contributed by atoms with Gasteiger partial charge in [-0.25, -0.2) is 4.98 Å². The molecule has 2 aromatic heterocycles. The molecule has 0 aliphatic carbocycles. The maximum absolute atomic E-state index is 12.6. The molecule has 2 heterocycles. The molecular formula is C13H13FN2O2. The number of hydrogen-bond donors (Lipinski definition) is 0. The number of carbonyl (C=O) groups excluding carboxylic acids is 1. The minimum absolute atomic E-state index is 0.225. The standard InChI is InChI=1S/C13H13FN2O2/c1-9-3-5-11(18-9)8-16(2)13(17)10-4-6-12(14)15-7-10/h3-7H,8H2,1-2H3. The van der Waals surface area contributed by atoms with Crippen molar-refractivity contribution in [3.63, 3.8) is 0 Å². The van der Waals surface area contributed by atoms with Gasteiger partial charge in [-0.1, -0.05) is 0 Å². The van der Waals surface area contributed by atoms with Gasteiger partial charge in [-0.05, 0) is 31.2 Å². The molecule has 4 nitrogen and oxygen atoms in total. The van der Waals surface area contributed by atoms with Crippen LogP contribution >= 0.6 is 0 Å². The summed E-state index contributed by atoms with van der Waals surface area (Å²) in [5, 5.41) is 0. The molecule has 2 rings (SSSR count). The molecule has 94 valence electrons. The molecule has 0 unspecified atom stereocenters. The number of aryl methyl sites for hydroxylation is 1. The molecule has 0 aliphatic heterocycles. The summed E-state index contributed by atoms with van der Waals surface area (Å²) in [5.41, 5.74) is 0.349. The van der Waals surface area contributed by atoms with Crippen LogP contribution in [0.5, 0.6) is 0 Å². The molecule has 0 aliphatic rings. The Morgan fingerprint density at radius 2 is 2.17 bits per heavy atom. The Hall–Kier alpha value is -2.17. The topological polar surface area (TPSA) is 46.3 Å². The first-order chi connectivity index (χ1) is 8.56. The van der Waals surface area contributed by atoms with Gasteiger partial charge in [0.15, 0.2) is 0 Å². The minimum Gasteiger partial charge on any atom is -0.464 e. The highest BCUT2D eigenvalue weighted by Gasteiger charge is 2.13. The third kappa shape index (κ3) is 2.74. The Kier molecular flexibility index (Phi) is 3.41. The van der Waals surface area contributed by atoms with Crippen LogP contribution in [0.4, 0.5) is 4.39 Å². The first-order valence-corrected chi connectivity index (χ1v) is 5.48. The average Bonchev–Trinajstić information content (AvgIpc) is 2.75. The number of aromatic nitrogens is 1.